The van der Waals surface area contributed by atoms with Crippen molar-refractivity contribution in [1.29, 1.82) is 0 Å². The molecule has 0 saturated carbocycles. The number of piperidine rings is 1. The summed E-state index contributed by atoms with van der Waals surface area (Å²) >= 11 is 0. The molecule has 3 aliphatic rings. The lowest BCUT2D eigenvalue weighted by atomic mass is 9.84. The first kappa shape index (κ1) is 24.3. The summed E-state index contributed by atoms with van der Waals surface area (Å²) in [5.74, 6) is -0.879. The Bertz CT molecular complexity index is 1390. The number of para-hydroxylation sites is 2. The molecular formula is C28H30N6O4. The molecule has 0 aliphatic carbocycles. The SMILES string of the molecule is CCOC(=O)[C@H]1CC2c3ccccc3NC2CN1Cc1cn(CCCN2C(=O)C(=O)c3ccccc32)nn1. The van der Waals surface area contributed by atoms with E-state index in [1.165, 1.54) is 10.5 Å². The van der Waals surface area contributed by atoms with Crippen LogP contribution in [0.3, 0.4) is 0 Å². The van der Waals surface area contributed by atoms with Crippen molar-refractivity contribution >= 4 is 29.0 Å². The number of fused-ring (bicyclic) bond motifs is 4. The van der Waals surface area contributed by atoms with Crippen LogP contribution in [-0.2, 0) is 27.4 Å². The number of aromatic nitrogens is 3. The minimum Gasteiger partial charge on any atom is -0.465 e. The van der Waals surface area contributed by atoms with Gasteiger partial charge in [0.2, 0.25) is 0 Å². The van der Waals surface area contributed by atoms with E-state index in [1.807, 2.05) is 31.3 Å². The van der Waals surface area contributed by atoms with Crippen LogP contribution < -0.4 is 10.2 Å². The van der Waals surface area contributed by atoms with Gasteiger partial charge in [0.15, 0.2) is 0 Å². The Labute approximate surface area is 220 Å². The number of nitrogens with zero attached hydrogens (tertiary/aromatic N) is 5. The van der Waals surface area contributed by atoms with Gasteiger partial charge in [-0.05, 0) is 43.5 Å². The van der Waals surface area contributed by atoms with Crippen LogP contribution in [0.2, 0.25) is 0 Å². The highest BCUT2D eigenvalue weighted by atomic mass is 16.5. The predicted molar refractivity (Wildman–Crippen MR) is 140 cm³/mol. The number of anilines is 2. The summed E-state index contributed by atoms with van der Waals surface area (Å²) in [6, 6.07) is 15.2. The molecule has 1 N–H and O–H groups in total. The number of rotatable bonds is 8. The number of benzene rings is 2. The Kier molecular flexibility index (Phi) is 6.40. The number of hydrogen-bond acceptors (Lipinski definition) is 8. The molecule has 0 bridgehead atoms. The Morgan fingerprint density at radius 3 is 2.79 bits per heavy atom. The quantitative estimate of drug-likeness (QED) is 0.361. The number of aryl methyl sites for hydroxylation is 1. The molecular weight excluding hydrogens is 484 g/mol. The molecule has 196 valence electrons. The Hall–Kier alpha value is -4.05. The highest BCUT2D eigenvalue weighted by Gasteiger charge is 2.44. The molecule has 0 spiro atoms. The van der Waals surface area contributed by atoms with E-state index in [2.05, 4.69) is 32.7 Å². The van der Waals surface area contributed by atoms with E-state index in [1.54, 1.807) is 22.9 Å². The second-order valence-electron chi connectivity index (χ2n) is 10.0. The maximum atomic E-state index is 12.9. The lowest BCUT2D eigenvalue weighted by molar-refractivity contribution is -0.151. The Morgan fingerprint density at radius 1 is 1.11 bits per heavy atom. The molecule has 3 aromatic rings. The number of likely N-dealkylation sites (tertiary alicyclic amines) is 1. The van der Waals surface area contributed by atoms with Gasteiger partial charge >= 0.3 is 5.97 Å². The number of carbonyl (C=O) groups excluding carboxylic acids is 3. The minimum atomic E-state index is -0.485. The van der Waals surface area contributed by atoms with Crippen LogP contribution in [0.5, 0.6) is 0 Å². The normalized spacial score (nSPS) is 22.1. The van der Waals surface area contributed by atoms with Crippen LogP contribution in [0.15, 0.2) is 54.7 Å². The van der Waals surface area contributed by atoms with Crippen LogP contribution in [0.1, 0.15) is 47.3 Å². The minimum absolute atomic E-state index is 0.201. The van der Waals surface area contributed by atoms with Gasteiger partial charge in [0.05, 0.1) is 23.6 Å². The number of Topliss-reactive ketones (excluding diaryl/α,β-unsaturated/α-hetero) is 1. The third-order valence-corrected chi connectivity index (χ3v) is 7.69. The van der Waals surface area contributed by atoms with Crippen LogP contribution in [0, 0.1) is 0 Å². The van der Waals surface area contributed by atoms with E-state index in [9.17, 15) is 14.4 Å². The Balaban J connectivity index is 1.10. The molecule has 10 nitrogen and oxygen atoms in total. The highest BCUT2D eigenvalue weighted by molar-refractivity contribution is 6.52. The van der Waals surface area contributed by atoms with Gasteiger partial charge in [-0.15, -0.1) is 5.10 Å². The summed E-state index contributed by atoms with van der Waals surface area (Å²) in [6.07, 6.45) is 3.19. The second kappa shape index (κ2) is 10.0. The zero-order chi connectivity index (χ0) is 26.2. The van der Waals surface area contributed by atoms with E-state index in [0.717, 1.165) is 11.4 Å². The fourth-order valence-corrected chi connectivity index (χ4v) is 5.95. The highest BCUT2D eigenvalue weighted by Crippen LogP contribution is 2.42. The number of carbonyl (C=O) groups is 3. The van der Waals surface area contributed by atoms with Crippen molar-refractivity contribution in [3.63, 3.8) is 0 Å². The number of ketones is 1. The average molecular weight is 515 g/mol. The van der Waals surface area contributed by atoms with Gasteiger partial charge in [-0.25, -0.2) is 0 Å². The molecule has 4 heterocycles. The summed E-state index contributed by atoms with van der Waals surface area (Å²) in [5.41, 5.74) is 4.29. The summed E-state index contributed by atoms with van der Waals surface area (Å²) < 4.78 is 7.19. The van der Waals surface area contributed by atoms with Crippen molar-refractivity contribution in [2.24, 2.45) is 0 Å². The third kappa shape index (κ3) is 4.34. The number of nitrogens with one attached hydrogen (secondary N) is 1. The lowest BCUT2D eigenvalue weighted by Gasteiger charge is -2.40. The van der Waals surface area contributed by atoms with Crippen molar-refractivity contribution in [3.05, 3.63) is 71.5 Å². The third-order valence-electron chi connectivity index (χ3n) is 7.69. The summed E-state index contributed by atoms with van der Waals surface area (Å²) in [4.78, 5) is 41.2. The maximum Gasteiger partial charge on any atom is 0.323 e. The van der Waals surface area contributed by atoms with Gasteiger partial charge in [-0.2, -0.15) is 0 Å². The van der Waals surface area contributed by atoms with E-state index in [0.29, 0.717) is 56.9 Å². The molecule has 1 fully saturated rings. The number of hydrogen-bond donors (Lipinski definition) is 1. The van der Waals surface area contributed by atoms with Crippen molar-refractivity contribution in [3.8, 4) is 0 Å². The monoisotopic (exact) mass is 514 g/mol. The van der Waals surface area contributed by atoms with E-state index < -0.39 is 11.7 Å². The molecule has 2 aromatic carbocycles. The van der Waals surface area contributed by atoms with Gasteiger partial charge in [-0.1, -0.05) is 35.5 Å². The number of ether oxygens (including phenoxy) is 1. The van der Waals surface area contributed by atoms with Gasteiger partial charge in [0.1, 0.15) is 6.04 Å². The topological polar surface area (TPSA) is 110 Å². The fraction of sp³-hybridized carbons (Fsp3) is 0.393. The molecule has 6 rings (SSSR count). The molecule has 2 unspecified atom stereocenters. The average Bonchev–Trinajstić information content (AvgIpc) is 3.59. The van der Waals surface area contributed by atoms with Gasteiger partial charge < -0.3 is 15.0 Å². The number of amides is 1. The predicted octanol–water partition coefficient (Wildman–Crippen LogP) is 2.61. The first-order chi connectivity index (χ1) is 18.5. The van der Waals surface area contributed by atoms with Gasteiger partial charge in [-0.3, -0.25) is 24.0 Å². The zero-order valence-electron chi connectivity index (χ0n) is 21.2. The summed E-state index contributed by atoms with van der Waals surface area (Å²) in [5, 5.41) is 12.2. The molecule has 10 heteroatoms. The fourth-order valence-electron chi connectivity index (χ4n) is 5.95. The van der Waals surface area contributed by atoms with Crippen LogP contribution >= 0.6 is 0 Å². The zero-order valence-corrected chi connectivity index (χ0v) is 21.2. The Morgan fingerprint density at radius 2 is 1.92 bits per heavy atom. The summed E-state index contributed by atoms with van der Waals surface area (Å²) in [7, 11) is 0. The largest absolute Gasteiger partial charge is 0.465 e. The van der Waals surface area contributed by atoms with Crippen LogP contribution in [0.25, 0.3) is 0 Å². The van der Waals surface area contributed by atoms with Gasteiger partial charge in [0, 0.05) is 50.0 Å². The molecule has 3 aliphatic heterocycles. The standard InChI is InChI=1S/C28H30N6O4/c1-2-38-28(37)25-14-21-19-8-3-5-10-22(19)29-23(21)17-32(25)15-18-16-33(31-30-18)12-7-13-34-24-11-6-4-9-20(24)26(35)27(34)36/h3-6,8-11,16,21,23,25,29H,2,7,12-15,17H2,1H3/t21?,23?,25-/m1/s1. The first-order valence-electron chi connectivity index (χ1n) is 13.1. The summed E-state index contributed by atoms with van der Waals surface area (Å²) in [6.45, 7) is 4.32. The smallest absolute Gasteiger partial charge is 0.323 e. The molecule has 0 radical (unpaired) electrons. The molecule has 1 saturated heterocycles. The van der Waals surface area contributed by atoms with E-state index >= 15 is 0 Å². The van der Waals surface area contributed by atoms with Crippen molar-refractivity contribution in [1.82, 2.24) is 19.9 Å². The molecule has 1 amide bonds. The maximum absolute atomic E-state index is 12.9. The van der Waals surface area contributed by atoms with Crippen LogP contribution in [0.4, 0.5) is 11.4 Å². The molecule has 38 heavy (non-hydrogen) atoms. The van der Waals surface area contributed by atoms with E-state index in [-0.39, 0.29) is 24.0 Å². The first-order valence-corrected chi connectivity index (χ1v) is 13.1. The van der Waals surface area contributed by atoms with Crippen molar-refractivity contribution in [2.75, 3.05) is 29.9 Å². The second-order valence-corrected chi connectivity index (χ2v) is 10.0. The molecule has 1 aromatic heterocycles. The van der Waals surface area contributed by atoms with Crippen molar-refractivity contribution < 1.29 is 19.1 Å². The van der Waals surface area contributed by atoms with Crippen LogP contribution in [-0.4, -0.2) is 69.3 Å². The lowest BCUT2D eigenvalue weighted by Crippen LogP contribution is -2.52. The van der Waals surface area contributed by atoms with Crippen molar-refractivity contribution in [2.45, 2.75) is 50.9 Å². The number of esters is 1. The van der Waals surface area contributed by atoms with E-state index in [4.69, 9.17) is 4.74 Å². The van der Waals surface area contributed by atoms with Gasteiger partial charge in [0.25, 0.3) is 11.7 Å². The molecule has 3 atom stereocenters.